The minimum atomic E-state index is 0.476. The van der Waals surface area contributed by atoms with E-state index < -0.39 is 0 Å². The van der Waals surface area contributed by atoms with E-state index in [4.69, 9.17) is 4.52 Å². The zero-order valence-corrected chi connectivity index (χ0v) is 12.6. The molecule has 0 spiro atoms. The molecule has 108 valence electrons. The van der Waals surface area contributed by atoms with Crippen LogP contribution in [0.5, 0.6) is 0 Å². The fraction of sp³-hybridized carbons (Fsp3) is 0.800. The molecule has 0 bridgehead atoms. The van der Waals surface area contributed by atoms with Gasteiger partial charge in [-0.1, -0.05) is 32.9 Å². The zero-order chi connectivity index (χ0) is 13.8. The van der Waals surface area contributed by atoms with Gasteiger partial charge in [0.1, 0.15) is 0 Å². The van der Waals surface area contributed by atoms with Gasteiger partial charge in [0, 0.05) is 24.7 Å². The van der Waals surface area contributed by atoms with Crippen LogP contribution in [0.25, 0.3) is 0 Å². The van der Waals surface area contributed by atoms with E-state index in [9.17, 15) is 0 Å². The van der Waals surface area contributed by atoms with Crippen molar-refractivity contribution in [2.75, 3.05) is 6.54 Å². The lowest BCUT2D eigenvalue weighted by atomic mass is 10.0. The van der Waals surface area contributed by atoms with Crippen LogP contribution in [-0.2, 0) is 13.1 Å². The van der Waals surface area contributed by atoms with Crippen LogP contribution in [0.15, 0.2) is 10.6 Å². The van der Waals surface area contributed by atoms with Crippen LogP contribution in [0, 0.1) is 5.92 Å². The lowest BCUT2D eigenvalue weighted by Crippen LogP contribution is -2.32. The van der Waals surface area contributed by atoms with Crippen molar-refractivity contribution in [3.8, 4) is 0 Å². The molecule has 1 aliphatic rings. The Balaban J connectivity index is 1.89. The Labute approximate surface area is 116 Å². The molecule has 4 heteroatoms. The SMILES string of the molecule is CC(C)NCc1cc(CN2CCCC2C(C)C)on1. The minimum Gasteiger partial charge on any atom is -0.360 e. The van der Waals surface area contributed by atoms with Crippen LogP contribution in [0.3, 0.4) is 0 Å². The second-order valence-electron chi connectivity index (χ2n) is 6.24. The summed E-state index contributed by atoms with van der Waals surface area (Å²) >= 11 is 0. The molecule has 19 heavy (non-hydrogen) atoms. The molecule has 0 aliphatic carbocycles. The Morgan fingerprint density at radius 2 is 2.21 bits per heavy atom. The van der Waals surface area contributed by atoms with Gasteiger partial charge in [-0.2, -0.15) is 0 Å². The standard InChI is InChI=1S/C15H27N3O/c1-11(2)15-6-5-7-18(15)10-14-8-13(17-19-14)9-16-12(3)4/h8,11-12,15-16H,5-7,9-10H2,1-4H3. The van der Waals surface area contributed by atoms with Crippen LogP contribution >= 0.6 is 0 Å². The van der Waals surface area contributed by atoms with E-state index in [1.54, 1.807) is 0 Å². The number of hydrogen-bond acceptors (Lipinski definition) is 4. The van der Waals surface area contributed by atoms with Gasteiger partial charge in [-0.05, 0) is 25.3 Å². The molecule has 0 saturated carbocycles. The van der Waals surface area contributed by atoms with Crippen LogP contribution in [0.2, 0.25) is 0 Å². The fourth-order valence-corrected chi connectivity index (χ4v) is 2.83. The number of aromatic nitrogens is 1. The largest absolute Gasteiger partial charge is 0.360 e. The van der Waals surface area contributed by atoms with Crippen molar-refractivity contribution in [2.45, 2.75) is 65.7 Å². The number of hydrogen-bond donors (Lipinski definition) is 1. The van der Waals surface area contributed by atoms with Crippen LogP contribution in [0.1, 0.15) is 52.0 Å². The van der Waals surface area contributed by atoms with Crippen LogP contribution in [-0.4, -0.2) is 28.7 Å². The van der Waals surface area contributed by atoms with Gasteiger partial charge in [-0.25, -0.2) is 0 Å². The van der Waals surface area contributed by atoms with E-state index in [-0.39, 0.29) is 0 Å². The summed E-state index contributed by atoms with van der Waals surface area (Å²) in [4.78, 5) is 2.53. The van der Waals surface area contributed by atoms with E-state index in [1.807, 2.05) is 0 Å². The second-order valence-corrected chi connectivity index (χ2v) is 6.24. The predicted molar refractivity (Wildman–Crippen MR) is 76.7 cm³/mol. The zero-order valence-electron chi connectivity index (χ0n) is 12.6. The van der Waals surface area contributed by atoms with Gasteiger partial charge in [-0.15, -0.1) is 0 Å². The van der Waals surface area contributed by atoms with Gasteiger partial charge < -0.3 is 9.84 Å². The van der Waals surface area contributed by atoms with Crippen LogP contribution in [0.4, 0.5) is 0 Å². The number of nitrogens with one attached hydrogen (secondary N) is 1. The fourth-order valence-electron chi connectivity index (χ4n) is 2.83. The summed E-state index contributed by atoms with van der Waals surface area (Å²) in [6.45, 7) is 11.8. The summed E-state index contributed by atoms with van der Waals surface area (Å²) < 4.78 is 5.46. The summed E-state index contributed by atoms with van der Waals surface area (Å²) in [5, 5.41) is 7.50. The molecule has 1 N–H and O–H groups in total. The quantitative estimate of drug-likeness (QED) is 0.858. The molecule has 0 radical (unpaired) electrons. The molecular formula is C15H27N3O. The summed E-state index contributed by atoms with van der Waals surface area (Å²) in [6, 6.07) is 3.26. The van der Waals surface area contributed by atoms with E-state index in [0.717, 1.165) is 24.5 Å². The number of likely N-dealkylation sites (tertiary alicyclic amines) is 1. The van der Waals surface area contributed by atoms with Gasteiger partial charge in [0.15, 0.2) is 5.76 Å². The molecule has 4 nitrogen and oxygen atoms in total. The molecule has 1 aromatic rings. The van der Waals surface area contributed by atoms with E-state index in [2.05, 4.69) is 49.1 Å². The summed E-state index contributed by atoms with van der Waals surface area (Å²) in [5.74, 6) is 1.71. The first-order valence-electron chi connectivity index (χ1n) is 7.48. The maximum atomic E-state index is 5.46. The molecule has 1 aromatic heterocycles. The molecule has 1 saturated heterocycles. The van der Waals surface area contributed by atoms with Crippen molar-refractivity contribution in [3.63, 3.8) is 0 Å². The topological polar surface area (TPSA) is 41.3 Å². The van der Waals surface area contributed by atoms with Crippen molar-refractivity contribution in [2.24, 2.45) is 5.92 Å². The Bertz CT molecular complexity index is 386. The first kappa shape index (κ1) is 14.5. The molecule has 2 rings (SSSR count). The maximum Gasteiger partial charge on any atom is 0.151 e. The third kappa shape index (κ3) is 4.05. The van der Waals surface area contributed by atoms with Gasteiger partial charge in [0.2, 0.25) is 0 Å². The van der Waals surface area contributed by atoms with Crippen molar-refractivity contribution >= 4 is 0 Å². The monoisotopic (exact) mass is 265 g/mol. The van der Waals surface area contributed by atoms with Crippen molar-refractivity contribution in [1.29, 1.82) is 0 Å². The smallest absolute Gasteiger partial charge is 0.151 e. The first-order chi connectivity index (χ1) is 9.06. The van der Waals surface area contributed by atoms with E-state index in [0.29, 0.717) is 18.0 Å². The van der Waals surface area contributed by atoms with Gasteiger partial charge in [0.25, 0.3) is 0 Å². The van der Waals surface area contributed by atoms with Crippen molar-refractivity contribution < 1.29 is 4.52 Å². The van der Waals surface area contributed by atoms with E-state index in [1.165, 1.54) is 19.4 Å². The van der Waals surface area contributed by atoms with Gasteiger partial charge >= 0.3 is 0 Å². The third-order valence-corrected chi connectivity index (χ3v) is 3.84. The minimum absolute atomic E-state index is 0.476. The summed E-state index contributed by atoms with van der Waals surface area (Å²) in [6.07, 6.45) is 2.62. The molecule has 2 heterocycles. The van der Waals surface area contributed by atoms with Gasteiger partial charge in [-0.3, -0.25) is 4.90 Å². The van der Waals surface area contributed by atoms with Gasteiger partial charge in [0.05, 0.1) is 12.2 Å². The Morgan fingerprint density at radius 3 is 2.89 bits per heavy atom. The predicted octanol–water partition coefficient (Wildman–Crippen LogP) is 2.79. The van der Waals surface area contributed by atoms with Crippen LogP contribution < -0.4 is 5.32 Å². The highest BCUT2D eigenvalue weighted by atomic mass is 16.5. The average molecular weight is 265 g/mol. The highest BCUT2D eigenvalue weighted by Gasteiger charge is 2.27. The first-order valence-corrected chi connectivity index (χ1v) is 7.48. The third-order valence-electron chi connectivity index (χ3n) is 3.84. The molecule has 0 amide bonds. The lowest BCUT2D eigenvalue weighted by Gasteiger charge is -2.26. The lowest BCUT2D eigenvalue weighted by molar-refractivity contribution is 0.178. The van der Waals surface area contributed by atoms with Crippen molar-refractivity contribution in [3.05, 3.63) is 17.5 Å². The van der Waals surface area contributed by atoms with Crippen molar-refractivity contribution in [1.82, 2.24) is 15.4 Å². The molecule has 1 fully saturated rings. The normalized spacial score (nSPS) is 20.8. The molecular weight excluding hydrogens is 238 g/mol. The average Bonchev–Trinajstić information content (AvgIpc) is 2.96. The van der Waals surface area contributed by atoms with E-state index >= 15 is 0 Å². The Morgan fingerprint density at radius 1 is 1.42 bits per heavy atom. The highest BCUT2D eigenvalue weighted by Crippen LogP contribution is 2.25. The summed E-state index contributed by atoms with van der Waals surface area (Å²) in [7, 11) is 0. The molecule has 1 atom stereocenters. The Kier molecular flexibility index (Phi) is 4.99. The second kappa shape index (κ2) is 6.53. The number of nitrogens with zero attached hydrogens (tertiary/aromatic N) is 2. The molecule has 1 unspecified atom stereocenters. The number of rotatable bonds is 6. The maximum absolute atomic E-state index is 5.46. The highest BCUT2D eigenvalue weighted by molar-refractivity contribution is 5.06. The summed E-state index contributed by atoms with van der Waals surface area (Å²) in [5.41, 5.74) is 1.00. The molecule has 0 aromatic carbocycles. The Hall–Kier alpha value is -0.870. The molecule has 1 aliphatic heterocycles.